The number of nitrogens with one attached hydrogen (secondary N) is 2. The van der Waals surface area contributed by atoms with Crippen LogP contribution in [0.15, 0.2) is 27.7 Å². The molecule has 5 nitrogen and oxygen atoms in total. The molecule has 0 fully saturated rings. The highest BCUT2D eigenvalue weighted by molar-refractivity contribution is 9.10. The van der Waals surface area contributed by atoms with Gasteiger partial charge in [0.2, 0.25) is 5.91 Å². The van der Waals surface area contributed by atoms with E-state index < -0.39 is 0 Å². The molecule has 0 aliphatic heterocycles. The number of benzene rings is 1. The van der Waals surface area contributed by atoms with E-state index in [1.807, 2.05) is 25.1 Å². The monoisotopic (exact) mass is 340 g/mol. The van der Waals surface area contributed by atoms with Crippen molar-refractivity contribution < 1.29 is 4.79 Å². The van der Waals surface area contributed by atoms with Crippen LogP contribution in [-0.4, -0.2) is 25.0 Å². The third kappa shape index (κ3) is 6.06. The van der Waals surface area contributed by atoms with E-state index in [0.717, 1.165) is 22.3 Å². The minimum atomic E-state index is -0.194. The second-order valence-electron chi connectivity index (χ2n) is 4.98. The van der Waals surface area contributed by atoms with E-state index in [1.54, 1.807) is 0 Å². The van der Waals surface area contributed by atoms with Crippen molar-refractivity contribution in [3.63, 3.8) is 0 Å². The summed E-state index contributed by atoms with van der Waals surface area (Å²) in [6.07, 6.45) is 0. The maximum absolute atomic E-state index is 11.8. The van der Waals surface area contributed by atoms with E-state index in [9.17, 15) is 4.79 Å². The number of amides is 1. The molecular formula is C14H21BrN4O. The summed E-state index contributed by atoms with van der Waals surface area (Å²) in [4.78, 5) is 15.8. The van der Waals surface area contributed by atoms with Gasteiger partial charge in [-0.05, 0) is 30.5 Å². The van der Waals surface area contributed by atoms with Crippen LogP contribution in [0.2, 0.25) is 0 Å². The molecule has 0 saturated carbocycles. The van der Waals surface area contributed by atoms with Gasteiger partial charge in [0.15, 0.2) is 5.96 Å². The molecule has 20 heavy (non-hydrogen) atoms. The van der Waals surface area contributed by atoms with Crippen molar-refractivity contribution >= 4 is 33.5 Å². The number of aryl methyl sites for hydroxylation is 1. The van der Waals surface area contributed by atoms with Crippen LogP contribution < -0.4 is 16.4 Å². The lowest BCUT2D eigenvalue weighted by Gasteiger charge is -2.09. The van der Waals surface area contributed by atoms with Crippen molar-refractivity contribution in [2.75, 3.05) is 18.4 Å². The lowest BCUT2D eigenvalue weighted by atomic mass is 10.2. The number of hydrogen-bond acceptors (Lipinski definition) is 2. The Balaban J connectivity index is 2.51. The third-order valence-electron chi connectivity index (χ3n) is 2.56. The van der Waals surface area contributed by atoms with Crippen LogP contribution in [0.4, 0.5) is 5.69 Å². The zero-order valence-electron chi connectivity index (χ0n) is 12.0. The number of aliphatic imine (C=N–C) groups is 1. The minimum absolute atomic E-state index is 0.00286. The molecule has 0 radical (unpaired) electrons. The first-order valence-corrected chi connectivity index (χ1v) is 7.27. The molecule has 0 atom stereocenters. The van der Waals surface area contributed by atoms with Crippen molar-refractivity contribution in [3.05, 3.63) is 28.2 Å². The Morgan fingerprint density at radius 3 is 2.80 bits per heavy atom. The highest BCUT2D eigenvalue weighted by Crippen LogP contribution is 2.20. The fraction of sp³-hybridized carbons (Fsp3) is 0.429. The molecule has 0 unspecified atom stereocenters. The van der Waals surface area contributed by atoms with Gasteiger partial charge in [-0.25, -0.2) is 4.99 Å². The topological polar surface area (TPSA) is 79.5 Å². The maximum atomic E-state index is 11.8. The number of halogens is 1. The second kappa shape index (κ2) is 7.89. The van der Waals surface area contributed by atoms with Gasteiger partial charge < -0.3 is 16.4 Å². The number of nitrogens with two attached hydrogens (primary N) is 1. The Kier molecular flexibility index (Phi) is 6.51. The van der Waals surface area contributed by atoms with Crippen molar-refractivity contribution in [2.24, 2.45) is 16.6 Å². The molecule has 0 bridgehead atoms. The number of hydrogen-bond donors (Lipinski definition) is 3. The van der Waals surface area contributed by atoms with Crippen molar-refractivity contribution in [1.82, 2.24) is 5.32 Å². The normalized spacial score (nSPS) is 11.6. The Hall–Kier alpha value is -1.56. The molecule has 0 saturated heterocycles. The lowest BCUT2D eigenvalue weighted by Crippen LogP contribution is -2.35. The summed E-state index contributed by atoms with van der Waals surface area (Å²) >= 11 is 3.37. The average Bonchev–Trinajstić information content (AvgIpc) is 2.38. The predicted molar refractivity (Wildman–Crippen MR) is 86.8 cm³/mol. The summed E-state index contributed by atoms with van der Waals surface area (Å²) in [5.74, 6) is 0.571. The molecule has 110 valence electrons. The smallest absolute Gasteiger partial charge is 0.246 e. The van der Waals surface area contributed by atoms with Gasteiger partial charge in [0.25, 0.3) is 0 Å². The summed E-state index contributed by atoms with van der Waals surface area (Å²) in [6.45, 7) is 6.82. The minimum Gasteiger partial charge on any atom is -0.370 e. The van der Waals surface area contributed by atoms with Gasteiger partial charge in [0.05, 0.1) is 0 Å². The molecule has 0 aliphatic carbocycles. The van der Waals surface area contributed by atoms with Gasteiger partial charge >= 0.3 is 0 Å². The molecule has 0 spiro atoms. The predicted octanol–water partition coefficient (Wildman–Crippen LogP) is 2.26. The molecule has 1 amide bonds. The third-order valence-corrected chi connectivity index (χ3v) is 3.05. The van der Waals surface area contributed by atoms with Gasteiger partial charge in [-0.2, -0.15) is 0 Å². The number of nitrogens with zero attached hydrogens (tertiary/aromatic N) is 1. The standard InChI is InChI=1S/C14H21BrN4O/c1-9(2)7-17-14(16)18-8-13(20)19-12-6-11(15)5-4-10(12)3/h4-6,9H,7-8H2,1-3H3,(H,19,20)(H3,16,17,18). The van der Waals surface area contributed by atoms with Gasteiger partial charge in [-0.3, -0.25) is 4.79 Å². The Morgan fingerprint density at radius 1 is 1.45 bits per heavy atom. The Morgan fingerprint density at radius 2 is 2.15 bits per heavy atom. The van der Waals surface area contributed by atoms with E-state index in [-0.39, 0.29) is 12.5 Å². The molecular weight excluding hydrogens is 320 g/mol. The molecule has 4 N–H and O–H groups in total. The van der Waals surface area contributed by atoms with Crippen LogP contribution in [0.3, 0.4) is 0 Å². The molecule has 1 aromatic rings. The fourth-order valence-electron chi connectivity index (χ4n) is 1.44. The molecule has 0 heterocycles. The largest absolute Gasteiger partial charge is 0.370 e. The first-order chi connectivity index (χ1) is 9.38. The summed E-state index contributed by atoms with van der Waals surface area (Å²) < 4.78 is 0.917. The van der Waals surface area contributed by atoms with Crippen LogP contribution in [0.1, 0.15) is 19.4 Å². The summed E-state index contributed by atoms with van der Waals surface area (Å²) in [5, 5.41) is 5.77. The first kappa shape index (κ1) is 16.5. The number of carbonyl (C=O) groups excluding carboxylic acids is 1. The highest BCUT2D eigenvalue weighted by Gasteiger charge is 2.05. The summed E-state index contributed by atoms with van der Waals surface area (Å²) in [6, 6.07) is 5.72. The van der Waals surface area contributed by atoms with Gasteiger partial charge in [0.1, 0.15) is 6.54 Å². The zero-order valence-corrected chi connectivity index (χ0v) is 13.6. The summed E-state index contributed by atoms with van der Waals surface area (Å²) in [5.41, 5.74) is 7.44. The van der Waals surface area contributed by atoms with E-state index >= 15 is 0 Å². The van der Waals surface area contributed by atoms with Crippen LogP contribution in [0, 0.1) is 12.8 Å². The lowest BCUT2D eigenvalue weighted by molar-refractivity contribution is -0.114. The number of guanidine groups is 1. The molecule has 1 aromatic carbocycles. The number of carbonyl (C=O) groups is 1. The van der Waals surface area contributed by atoms with Crippen LogP contribution in [-0.2, 0) is 4.79 Å². The quantitative estimate of drug-likeness (QED) is 0.568. The van der Waals surface area contributed by atoms with Crippen molar-refractivity contribution in [2.45, 2.75) is 20.8 Å². The van der Waals surface area contributed by atoms with Crippen molar-refractivity contribution in [1.29, 1.82) is 0 Å². The van der Waals surface area contributed by atoms with Crippen LogP contribution in [0.5, 0.6) is 0 Å². The average molecular weight is 341 g/mol. The SMILES string of the molecule is Cc1ccc(Br)cc1NC(=O)CN=C(N)NCC(C)C. The van der Waals surface area contributed by atoms with Crippen LogP contribution >= 0.6 is 15.9 Å². The van der Waals surface area contributed by atoms with E-state index in [0.29, 0.717) is 11.9 Å². The Bertz CT molecular complexity index is 500. The fourth-order valence-corrected chi connectivity index (χ4v) is 1.80. The molecule has 6 heteroatoms. The maximum Gasteiger partial charge on any atom is 0.246 e. The van der Waals surface area contributed by atoms with Crippen LogP contribution in [0.25, 0.3) is 0 Å². The van der Waals surface area contributed by atoms with Gasteiger partial charge in [-0.15, -0.1) is 0 Å². The highest BCUT2D eigenvalue weighted by atomic mass is 79.9. The number of anilines is 1. The molecule has 0 aliphatic rings. The van der Waals surface area contributed by atoms with Gasteiger partial charge in [-0.1, -0.05) is 35.8 Å². The first-order valence-electron chi connectivity index (χ1n) is 6.48. The summed E-state index contributed by atoms with van der Waals surface area (Å²) in [7, 11) is 0. The van der Waals surface area contributed by atoms with Crippen molar-refractivity contribution in [3.8, 4) is 0 Å². The van der Waals surface area contributed by atoms with E-state index in [2.05, 4.69) is 45.4 Å². The number of rotatable bonds is 5. The molecule has 0 aromatic heterocycles. The Labute approximate surface area is 128 Å². The zero-order chi connectivity index (χ0) is 15.1. The second-order valence-corrected chi connectivity index (χ2v) is 5.90. The molecule has 1 rings (SSSR count). The van der Waals surface area contributed by atoms with Gasteiger partial charge in [0, 0.05) is 16.7 Å². The van der Waals surface area contributed by atoms with E-state index in [4.69, 9.17) is 5.73 Å². The van der Waals surface area contributed by atoms with E-state index in [1.165, 1.54) is 0 Å².